The molecule has 0 radical (unpaired) electrons. The third-order valence-electron chi connectivity index (χ3n) is 4.14. The van der Waals surface area contributed by atoms with Gasteiger partial charge in [-0.15, -0.1) is 10.2 Å². The van der Waals surface area contributed by atoms with Crippen LogP contribution in [0.15, 0.2) is 36.7 Å². The maximum atomic E-state index is 10.9. The highest BCUT2D eigenvalue weighted by atomic mass is 35.5. The average Bonchev–Trinajstić information content (AvgIpc) is 3.12. The van der Waals surface area contributed by atoms with E-state index in [1.54, 1.807) is 6.33 Å². The lowest BCUT2D eigenvalue weighted by Crippen LogP contribution is -2.13. The van der Waals surface area contributed by atoms with Crippen LogP contribution >= 0.6 is 25.1 Å². The highest BCUT2D eigenvalue weighted by Gasteiger charge is 2.14. The summed E-state index contributed by atoms with van der Waals surface area (Å²) in [6, 6.07) is 9.92. The summed E-state index contributed by atoms with van der Waals surface area (Å²) in [5.41, 5.74) is 9.18. The number of hydrogen-bond acceptors (Lipinski definition) is 5. The topological polar surface area (TPSA) is 98.7 Å². The van der Waals surface area contributed by atoms with Crippen molar-refractivity contribution in [2.75, 3.05) is 11.9 Å². The van der Waals surface area contributed by atoms with Crippen LogP contribution in [0.25, 0.3) is 22.5 Å². The minimum atomic E-state index is -0.315. The second-order valence-electron chi connectivity index (χ2n) is 6.37. The second kappa shape index (κ2) is 12.2. The Labute approximate surface area is 189 Å². The molecule has 9 heteroatoms. The maximum absolute atomic E-state index is 10.9. The lowest BCUT2D eigenvalue weighted by Gasteiger charge is -2.13. The van der Waals surface area contributed by atoms with Crippen molar-refractivity contribution >= 4 is 36.8 Å². The highest BCUT2D eigenvalue weighted by molar-refractivity contribution is 7.59. The van der Waals surface area contributed by atoms with Crippen LogP contribution in [-0.4, -0.2) is 32.2 Å². The van der Waals surface area contributed by atoms with Crippen LogP contribution in [0.4, 0.5) is 5.82 Å². The number of benzene rings is 1. The number of aromatic nitrogens is 4. The van der Waals surface area contributed by atoms with Crippen LogP contribution in [-0.2, 0) is 11.8 Å². The van der Waals surface area contributed by atoms with E-state index in [-0.39, 0.29) is 19.4 Å². The van der Waals surface area contributed by atoms with Gasteiger partial charge in [0.15, 0.2) is 5.82 Å². The van der Waals surface area contributed by atoms with Crippen LogP contribution in [0.5, 0.6) is 0 Å². The number of primary amides is 1. The molecule has 0 unspecified atom stereocenters. The molecular formula is C21H29ClN6OS. The molecule has 0 fully saturated rings. The van der Waals surface area contributed by atoms with Crippen molar-refractivity contribution in [3.63, 3.8) is 0 Å². The Morgan fingerprint density at radius 1 is 1.20 bits per heavy atom. The van der Waals surface area contributed by atoms with Crippen molar-refractivity contribution in [2.24, 2.45) is 12.8 Å². The number of nitrogens with two attached hydrogens (primary N) is 1. The van der Waals surface area contributed by atoms with Gasteiger partial charge in [0.2, 0.25) is 5.91 Å². The van der Waals surface area contributed by atoms with E-state index >= 15 is 0 Å². The fourth-order valence-electron chi connectivity index (χ4n) is 2.84. The molecule has 30 heavy (non-hydrogen) atoms. The molecule has 0 atom stereocenters. The summed E-state index contributed by atoms with van der Waals surface area (Å²) in [7, 11) is 1.91. The summed E-state index contributed by atoms with van der Waals surface area (Å²) in [5, 5.41) is 11.8. The van der Waals surface area contributed by atoms with Gasteiger partial charge in [-0.3, -0.25) is 4.79 Å². The summed E-state index contributed by atoms with van der Waals surface area (Å²) in [4.78, 5) is 15.2. The summed E-state index contributed by atoms with van der Waals surface area (Å²) < 4.78 is 1.87. The minimum absolute atomic E-state index is 0. The first-order valence-corrected chi connectivity index (χ1v) is 9.97. The molecule has 0 aliphatic carbocycles. The number of hydrogen-bond donors (Lipinski definition) is 2. The van der Waals surface area contributed by atoms with E-state index in [1.807, 2.05) is 56.7 Å². The lowest BCUT2D eigenvalue weighted by molar-refractivity contribution is -0.118. The molecule has 0 aliphatic rings. The average molecular weight is 449 g/mol. The second-order valence-corrected chi connectivity index (χ2v) is 6.76. The Morgan fingerprint density at radius 2 is 1.93 bits per heavy atom. The predicted molar refractivity (Wildman–Crippen MR) is 128 cm³/mol. The Hall–Kier alpha value is -2.58. The first-order valence-electron chi connectivity index (χ1n) is 9.59. The fraction of sp³-hybridized carbons (Fsp3) is 0.333. The van der Waals surface area contributed by atoms with Gasteiger partial charge in [-0.1, -0.05) is 49.2 Å². The zero-order valence-electron chi connectivity index (χ0n) is 17.7. The molecule has 3 N–H and O–H groups in total. The first kappa shape index (κ1) is 25.5. The number of nitrogens with one attached hydrogen (secondary N) is 1. The zero-order valence-corrected chi connectivity index (χ0v) is 19.5. The van der Waals surface area contributed by atoms with Gasteiger partial charge < -0.3 is 15.6 Å². The number of carbonyl (C=O) groups is 1. The van der Waals surface area contributed by atoms with Crippen molar-refractivity contribution in [1.29, 1.82) is 0 Å². The zero-order chi connectivity index (χ0) is 21.4. The summed E-state index contributed by atoms with van der Waals surface area (Å²) in [5.74, 6) is 1.10. The van der Waals surface area contributed by atoms with Gasteiger partial charge in [0.1, 0.15) is 17.3 Å². The Morgan fingerprint density at radius 3 is 2.57 bits per heavy atom. The molecule has 0 saturated carbocycles. The number of halogens is 1. The molecule has 0 spiro atoms. The Bertz CT molecular complexity index is 976. The van der Waals surface area contributed by atoms with Gasteiger partial charge in [0, 0.05) is 25.6 Å². The normalized spacial score (nSPS) is 9.90. The van der Waals surface area contributed by atoms with Crippen molar-refractivity contribution in [3.8, 4) is 22.5 Å². The van der Waals surface area contributed by atoms with Crippen LogP contribution < -0.4 is 11.1 Å². The van der Waals surface area contributed by atoms with Crippen LogP contribution in [0, 0.1) is 6.92 Å². The third kappa shape index (κ3) is 6.74. The molecule has 162 valence electrons. The molecule has 0 aliphatic heterocycles. The van der Waals surface area contributed by atoms with Gasteiger partial charge in [-0.05, 0) is 36.6 Å². The number of nitrogens with zero attached hydrogens (tertiary/aromatic N) is 4. The molecular weight excluding hydrogens is 420 g/mol. The number of amides is 1. The quantitative estimate of drug-likeness (QED) is 0.414. The SMILES string of the molecule is CC.Cc1ccc(-c2nncn2C)c(-c2cc(Cl)nc(NCCCC(N)=O)c2)c1.S. The first-order chi connectivity index (χ1) is 13.9. The molecule has 1 amide bonds. The van der Waals surface area contributed by atoms with Gasteiger partial charge in [0.05, 0.1) is 0 Å². The highest BCUT2D eigenvalue weighted by Crippen LogP contribution is 2.33. The minimum Gasteiger partial charge on any atom is -0.370 e. The summed E-state index contributed by atoms with van der Waals surface area (Å²) in [6.45, 7) is 6.62. The smallest absolute Gasteiger partial charge is 0.217 e. The van der Waals surface area contributed by atoms with Crippen molar-refractivity contribution in [1.82, 2.24) is 19.7 Å². The number of pyridine rings is 1. The Balaban J connectivity index is 0.00000146. The van der Waals surface area contributed by atoms with E-state index < -0.39 is 0 Å². The maximum Gasteiger partial charge on any atom is 0.217 e. The van der Waals surface area contributed by atoms with Crippen molar-refractivity contribution < 1.29 is 4.79 Å². The largest absolute Gasteiger partial charge is 0.370 e. The van der Waals surface area contributed by atoms with Gasteiger partial charge in [-0.25, -0.2) is 4.98 Å². The molecule has 3 aromatic rings. The summed E-state index contributed by atoms with van der Waals surface area (Å²) >= 11 is 6.25. The lowest BCUT2D eigenvalue weighted by atomic mass is 9.97. The van der Waals surface area contributed by atoms with E-state index in [9.17, 15) is 4.79 Å². The number of anilines is 1. The Kier molecular flexibility index (Phi) is 10.3. The predicted octanol–water partition coefficient (Wildman–Crippen LogP) is 4.32. The molecule has 2 heterocycles. The fourth-order valence-corrected chi connectivity index (χ4v) is 3.05. The summed E-state index contributed by atoms with van der Waals surface area (Å²) in [6.07, 6.45) is 2.63. The number of aryl methyl sites for hydroxylation is 2. The molecule has 1 aromatic carbocycles. The molecule has 0 saturated heterocycles. The van der Waals surface area contributed by atoms with E-state index in [0.717, 1.165) is 28.1 Å². The van der Waals surface area contributed by atoms with Crippen LogP contribution in [0.2, 0.25) is 5.15 Å². The molecule has 3 rings (SSSR count). The van der Waals surface area contributed by atoms with E-state index in [4.69, 9.17) is 17.3 Å². The van der Waals surface area contributed by atoms with Crippen molar-refractivity contribution in [3.05, 3.63) is 47.4 Å². The van der Waals surface area contributed by atoms with Crippen molar-refractivity contribution in [2.45, 2.75) is 33.6 Å². The van der Waals surface area contributed by atoms with E-state index in [2.05, 4.69) is 26.6 Å². The van der Waals surface area contributed by atoms with E-state index in [0.29, 0.717) is 30.4 Å². The molecule has 2 aromatic heterocycles. The number of carbonyl (C=O) groups excluding carboxylic acids is 1. The van der Waals surface area contributed by atoms with Gasteiger partial charge in [-0.2, -0.15) is 13.5 Å². The van der Waals surface area contributed by atoms with E-state index in [1.165, 1.54) is 0 Å². The standard InChI is InChI=1S/C19H21ClN6O.C2H6.H2S/c1-12-5-6-14(19-25-23-11-26(19)2)15(8-12)13-9-16(20)24-18(10-13)22-7-3-4-17(21)27;1-2;/h5-6,8-11H,3-4,7H2,1-2H3,(H2,21,27)(H,22,24);1-2H3;1H2. The van der Waals surface area contributed by atoms with Crippen LogP contribution in [0.1, 0.15) is 32.3 Å². The number of rotatable bonds is 7. The van der Waals surface area contributed by atoms with Gasteiger partial charge in [0.25, 0.3) is 0 Å². The molecule has 0 bridgehead atoms. The van der Waals surface area contributed by atoms with Gasteiger partial charge >= 0.3 is 0 Å². The molecule has 7 nitrogen and oxygen atoms in total. The van der Waals surface area contributed by atoms with Crippen LogP contribution in [0.3, 0.4) is 0 Å². The monoisotopic (exact) mass is 448 g/mol. The third-order valence-corrected chi connectivity index (χ3v) is 4.33.